The van der Waals surface area contributed by atoms with Crippen LogP contribution in [0.2, 0.25) is 5.02 Å². The van der Waals surface area contributed by atoms with Gasteiger partial charge in [-0.3, -0.25) is 4.90 Å². The lowest BCUT2D eigenvalue weighted by molar-refractivity contribution is 0.110. The van der Waals surface area contributed by atoms with Gasteiger partial charge in [-0.05, 0) is 50.6 Å². The number of rotatable bonds is 10. The molecular weight excluding hydrogens is 402 g/mol. The molecule has 3 rings (SSSR count). The largest absolute Gasteiger partial charge is 0.487 e. The number of anilines is 1. The van der Waals surface area contributed by atoms with Gasteiger partial charge in [0.1, 0.15) is 6.61 Å². The van der Waals surface area contributed by atoms with Crippen LogP contribution in [-0.4, -0.2) is 50.4 Å². The van der Waals surface area contributed by atoms with Crippen molar-refractivity contribution in [1.29, 1.82) is 0 Å². The van der Waals surface area contributed by atoms with Crippen molar-refractivity contribution >= 4 is 23.3 Å². The Labute approximate surface area is 183 Å². The van der Waals surface area contributed by atoms with E-state index in [-0.39, 0.29) is 12.1 Å². The molecule has 2 aromatic rings. The summed E-state index contributed by atoms with van der Waals surface area (Å²) < 4.78 is 11.0. The molecule has 2 aromatic carbocycles. The first-order chi connectivity index (χ1) is 14.7. The number of hydrogen-bond donors (Lipinski definition) is 2. The fourth-order valence-electron chi connectivity index (χ4n) is 3.64. The fourth-order valence-corrected chi connectivity index (χ4v) is 3.87. The van der Waals surface area contributed by atoms with Gasteiger partial charge in [-0.25, -0.2) is 4.79 Å². The quantitative estimate of drug-likeness (QED) is 0.534. The zero-order valence-electron chi connectivity index (χ0n) is 17.4. The molecule has 0 aromatic heterocycles. The summed E-state index contributed by atoms with van der Waals surface area (Å²) in [7, 11) is 0. The number of carbonyl (C=O) groups excluding carboxylic acids is 1. The maximum Gasteiger partial charge on any atom is 0.319 e. The van der Waals surface area contributed by atoms with Crippen molar-refractivity contribution in [3.05, 3.63) is 59.1 Å². The molecule has 1 aliphatic rings. The summed E-state index contributed by atoms with van der Waals surface area (Å²) in [5.74, 6) is 0.452. The minimum atomic E-state index is -0.285. The van der Waals surface area contributed by atoms with E-state index in [1.165, 1.54) is 18.4 Å². The molecule has 162 valence electrons. The van der Waals surface area contributed by atoms with E-state index in [0.29, 0.717) is 42.8 Å². The number of hydrogen-bond acceptors (Lipinski definition) is 4. The van der Waals surface area contributed by atoms with E-state index in [1.807, 2.05) is 25.1 Å². The highest BCUT2D eigenvalue weighted by molar-refractivity contribution is 6.32. The summed E-state index contributed by atoms with van der Waals surface area (Å²) in [5, 5.41) is 6.33. The number of nitrogens with zero attached hydrogens (tertiary/aromatic N) is 1. The SMILES string of the molecule is CCOCCOc1c(Cl)cccc1NC(=O)NCC(c1ccccc1)N1CCCC1. The molecule has 7 heteroatoms. The van der Waals surface area contributed by atoms with Crippen molar-refractivity contribution in [3.63, 3.8) is 0 Å². The molecule has 0 bridgehead atoms. The number of amides is 2. The van der Waals surface area contributed by atoms with Crippen molar-refractivity contribution in [3.8, 4) is 5.75 Å². The fraction of sp³-hybridized carbons (Fsp3) is 0.435. The standard InChI is InChI=1S/C23H30ClN3O3/c1-2-29-15-16-30-22-19(24)11-8-12-20(22)26-23(28)25-17-21(27-13-6-7-14-27)18-9-4-3-5-10-18/h3-5,8-12,21H,2,6-7,13-17H2,1H3,(H2,25,26,28). The molecule has 2 N–H and O–H groups in total. The molecule has 0 spiro atoms. The van der Waals surface area contributed by atoms with Gasteiger partial charge in [0.05, 0.1) is 23.4 Å². The van der Waals surface area contributed by atoms with Gasteiger partial charge in [0.15, 0.2) is 5.75 Å². The number of halogens is 1. The molecule has 1 fully saturated rings. The van der Waals surface area contributed by atoms with E-state index in [0.717, 1.165) is 13.1 Å². The number of urea groups is 1. The Bertz CT molecular complexity index is 798. The lowest BCUT2D eigenvalue weighted by Gasteiger charge is -2.28. The topological polar surface area (TPSA) is 62.8 Å². The molecule has 30 heavy (non-hydrogen) atoms. The minimum Gasteiger partial charge on any atom is -0.487 e. The van der Waals surface area contributed by atoms with E-state index in [9.17, 15) is 4.79 Å². The van der Waals surface area contributed by atoms with E-state index in [4.69, 9.17) is 21.1 Å². The van der Waals surface area contributed by atoms with Crippen LogP contribution in [0.25, 0.3) is 0 Å². The van der Waals surface area contributed by atoms with Gasteiger partial charge in [-0.2, -0.15) is 0 Å². The zero-order chi connectivity index (χ0) is 21.2. The Kier molecular flexibility index (Phi) is 8.81. The lowest BCUT2D eigenvalue weighted by Crippen LogP contribution is -2.38. The van der Waals surface area contributed by atoms with Gasteiger partial charge >= 0.3 is 6.03 Å². The zero-order valence-corrected chi connectivity index (χ0v) is 18.2. The second kappa shape index (κ2) is 11.8. The average Bonchev–Trinajstić information content (AvgIpc) is 3.28. The summed E-state index contributed by atoms with van der Waals surface area (Å²) in [6.07, 6.45) is 2.39. The summed E-state index contributed by atoms with van der Waals surface area (Å²) >= 11 is 6.28. The third kappa shape index (κ3) is 6.36. The van der Waals surface area contributed by atoms with Crippen LogP contribution in [0.5, 0.6) is 5.75 Å². The Hall–Kier alpha value is -2.28. The molecule has 1 unspecified atom stereocenters. The predicted molar refractivity (Wildman–Crippen MR) is 120 cm³/mol. The number of nitrogens with one attached hydrogen (secondary N) is 2. The van der Waals surface area contributed by atoms with E-state index in [2.05, 4.69) is 27.7 Å². The van der Waals surface area contributed by atoms with Crippen LogP contribution < -0.4 is 15.4 Å². The number of likely N-dealkylation sites (tertiary alicyclic amines) is 1. The molecule has 6 nitrogen and oxygen atoms in total. The number of ether oxygens (including phenoxy) is 2. The highest BCUT2D eigenvalue weighted by Crippen LogP contribution is 2.33. The third-order valence-corrected chi connectivity index (χ3v) is 5.41. The highest BCUT2D eigenvalue weighted by atomic mass is 35.5. The van der Waals surface area contributed by atoms with Crippen LogP contribution in [0.3, 0.4) is 0 Å². The van der Waals surface area contributed by atoms with Crippen LogP contribution >= 0.6 is 11.6 Å². The Morgan fingerprint density at radius 2 is 1.87 bits per heavy atom. The second-order valence-electron chi connectivity index (χ2n) is 7.17. The van der Waals surface area contributed by atoms with Crippen molar-refractivity contribution in [2.75, 3.05) is 44.8 Å². The highest BCUT2D eigenvalue weighted by Gasteiger charge is 2.24. The summed E-state index contributed by atoms with van der Waals surface area (Å²) in [6.45, 7) is 6.00. The van der Waals surface area contributed by atoms with Gasteiger partial charge in [0.2, 0.25) is 0 Å². The predicted octanol–water partition coefficient (Wildman–Crippen LogP) is 4.71. The van der Waals surface area contributed by atoms with Crippen molar-refractivity contribution in [2.24, 2.45) is 0 Å². The molecule has 2 amide bonds. The van der Waals surface area contributed by atoms with Gasteiger partial charge in [-0.1, -0.05) is 48.0 Å². The maximum absolute atomic E-state index is 12.6. The minimum absolute atomic E-state index is 0.153. The van der Waals surface area contributed by atoms with Gasteiger partial charge in [0.25, 0.3) is 0 Å². The summed E-state index contributed by atoms with van der Waals surface area (Å²) in [6, 6.07) is 15.5. The smallest absolute Gasteiger partial charge is 0.319 e. The molecule has 0 saturated carbocycles. The molecule has 1 saturated heterocycles. The van der Waals surface area contributed by atoms with Gasteiger partial charge in [-0.15, -0.1) is 0 Å². The van der Waals surface area contributed by atoms with Gasteiger partial charge in [0, 0.05) is 13.2 Å². The number of carbonyl (C=O) groups is 1. The van der Waals surface area contributed by atoms with Crippen LogP contribution in [0, 0.1) is 0 Å². The first-order valence-electron chi connectivity index (χ1n) is 10.5. The van der Waals surface area contributed by atoms with Gasteiger partial charge < -0.3 is 20.1 Å². The second-order valence-corrected chi connectivity index (χ2v) is 7.57. The molecule has 0 aliphatic carbocycles. The molecule has 1 aliphatic heterocycles. The van der Waals surface area contributed by atoms with E-state index >= 15 is 0 Å². The molecule has 0 radical (unpaired) electrons. The van der Waals surface area contributed by atoms with Crippen LogP contribution in [-0.2, 0) is 4.74 Å². The molecule has 1 atom stereocenters. The number of para-hydroxylation sites is 1. The van der Waals surface area contributed by atoms with Crippen molar-refractivity contribution in [1.82, 2.24) is 10.2 Å². The normalized spacial score (nSPS) is 15.0. The Balaban J connectivity index is 1.61. The third-order valence-electron chi connectivity index (χ3n) is 5.12. The van der Waals surface area contributed by atoms with E-state index in [1.54, 1.807) is 18.2 Å². The van der Waals surface area contributed by atoms with Crippen LogP contribution in [0.15, 0.2) is 48.5 Å². The average molecular weight is 432 g/mol. The first-order valence-corrected chi connectivity index (χ1v) is 10.9. The van der Waals surface area contributed by atoms with Crippen molar-refractivity contribution < 1.29 is 14.3 Å². The van der Waals surface area contributed by atoms with Crippen LogP contribution in [0.1, 0.15) is 31.4 Å². The monoisotopic (exact) mass is 431 g/mol. The summed E-state index contributed by atoms with van der Waals surface area (Å²) in [4.78, 5) is 15.1. The molecule has 1 heterocycles. The Morgan fingerprint density at radius 1 is 1.10 bits per heavy atom. The lowest BCUT2D eigenvalue weighted by atomic mass is 10.1. The van der Waals surface area contributed by atoms with Crippen LogP contribution in [0.4, 0.5) is 10.5 Å². The van der Waals surface area contributed by atoms with Crippen molar-refractivity contribution in [2.45, 2.75) is 25.8 Å². The Morgan fingerprint density at radius 3 is 2.60 bits per heavy atom. The van der Waals surface area contributed by atoms with E-state index < -0.39 is 0 Å². The number of benzene rings is 2. The summed E-state index contributed by atoms with van der Waals surface area (Å²) in [5.41, 5.74) is 1.75. The first kappa shape index (κ1) is 22.4. The molecular formula is C23H30ClN3O3. The maximum atomic E-state index is 12.6.